The number of anilines is 2. The van der Waals surface area contributed by atoms with Crippen molar-refractivity contribution in [3.05, 3.63) is 89.3 Å². The van der Waals surface area contributed by atoms with Crippen LogP contribution in [0, 0.1) is 13.8 Å². The summed E-state index contributed by atoms with van der Waals surface area (Å²) in [7, 11) is 6.83. The monoisotopic (exact) mass is 724 g/mol. The molecule has 3 aromatic carbocycles. The molecule has 1 aliphatic carbocycles. The zero-order chi connectivity index (χ0) is 36.8. The summed E-state index contributed by atoms with van der Waals surface area (Å²) in [6.07, 6.45) is 0. The number of nitrogens with zero attached hydrogens (tertiary/aromatic N) is 3. The summed E-state index contributed by atoms with van der Waals surface area (Å²) in [6.45, 7) is 5.89. The Morgan fingerprint density at radius 2 is 1.35 bits per heavy atom. The molecule has 11 heteroatoms. The van der Waals surface area contributed by atoms with Crippen LogP contribution in [-0.4, -0.2) is 91.2 Å². The van der Waals surface area contributed by atoms with Crippen LogP contribution in [0.5, 0.6) is 11.5 Å². The number of ether oxygens (including phenoxy) is 4. The van der Waals surface area contributed by atoms with E-state index in [0.29, 0.717) is 24.6 Å². The molecule has 0 bridgehead atoms. The molecule has 272 valence electrons. The fraction of sp³-hybridized carbons (Fsp3) is 0.341. The highest BCUT2D eigenvalue weighted by atomic mass is 32.2. The highest BCUT2D eigenvalue weighted by Gasteiger charge is 2.23. The number of carbonyl (C=O) groups is 2. The van der Waals surface area contributed by atoms with Crippen LogP contribution in [0.15, 0.2) is 77.2 Å². The first-order valence-corrected chi connectivity index (χ1v) is 18.5. The van der Waals surface area contributed by atoms with Crippen LogP contribution in [-0.2, 0) is 19.1 Å². The maximum absolute atomic E-state index is 12.7. The number of benzene rings is 4. The number of esters is 2. The topological polar surface area (TPSA) is 93.7 Å². The van der Waals surface area contributed by atoms with Crippen LogP contribution in [0.2, 0.25) is 0 Å². The third-order valence-electron chi connectivity index (χ3n) is 9.13. The summed E-state index contributed by atoms with van der Waals surface area (Å²) in [5.74, 6) is 2.88. The van der Waals surface area contributed by atoms with Gasteiger partial charge in [0.2, 0.25) is 5.36 Å². The van der Waals surface area contributed by atoms with Crippen molar-refractivity contribution in [3.63, 3.8) is 0 Å². The summed E-state index contributed by atoms with van der Waals surface area (Å²) in [5, 5.41) is 2.03. The van der Waals surface area contributed by atoms with Crippen molar-refractivity contribution in [2.24, 2.45) is 0 Å². The Labute approximate surface area is 308 Å². The van der Waals surface area contributed by atoms with Gasteiger partial charge in [-0.25, -0.2) is 4.58 Å². The van der Waals surface area contributed by atoms with Gasteiger partial charge in [0, 0.05) is 47.2 Å². The quantitative estimate of drug-likeness (QED) is 0.122. The third kappa shape index (κ3) is 8.31. The van der Waals surface area contributed by atoms with Gasteiger partial charge < -0.3 is 33.2 Å². The highest BCUT2D eigenvalue weighted by Crippen LogP contribution is 2.43. The van der Waals surface area contributed by atoms with E-state index in [-0.39, 0.29) is 38.2 Å². The summed E-state index contributed by atoms with van der Waals surface area (Å²) < 4.78 is 31.6. The Balaban J connectivity index is 1.44. The van der Waals surface area contributed by atoms with Gasteiger partial charge in [0.25, 0.3) is 0 Å². The van der Waals surface area contributed by atoms with Crippen LogP contribution in [0.3, 0.4) is 0 Å². The predicted octanol–water partition coefficient (Wildman–Crippen LogP) is 6.02. The van der Waals surface area contributed by atoms with Gasteiger partial charge in [-0.05, 0) is 66.9 Å². The SMILES string of the molecule is COC(=O)CN1CCSCCN(CC(=O)OC)c2ccc(-c3c4ccc(=[N+](C)C)cc-4oc4cc(C)ccc34)cc2OCCOc2cc(C)ccc21. The van der Waals surface area contributed by atoms with Crippen molar-refractivity contribution in [1.29, 1.82) is 0 Å². The normalized spacial score (nSPS) is 14.0. The lowest BCUT2D eigenvalue weighted by Crippen LogP contribution is -2.34. The van der Waals surface area contributed by atoms with Gasteiger partial charge in [0.15, 0.2) is 0 Å². The minimum Gasteiger partial charge on any atom is -0.488 e. The Kier molecular flexibility index (Phi) is 11.6. The van der Waals surface area contributed by atoms with Crippen molar-refractivity contribution in [1.82, 2.24) is 4.58 Å². The molecule has 2 heterocycles. The second-order valence-electron chi connectivity index (χ2n) is 13.0. The number of aryl methyl sites for hydroxylation is 2. The molecule has 3 aromatic rings. The van der Waals surface area contributed by atoms with Crippen LogP contribution in [0.4, 0.5) is 11.4 Å². The highest BCUT2D eigenvalue weighted by molar-refractivity contribution is 7.99. The molecule has 0 aromatic heterocycles. The van der Waals surface area contributed by atoms with E-state index in [0.717, 1.165) is 72.8 Å². The fourth-order valence-corrected chi connectivity index (χ4v) is 7.29. The number of rotatable bonds is 5. The summed E-state index contributed by atoms with van der Waals surface area (Å²) >= 11 is 1.74. The molecule has 0 amide bonds. The van der Waals surface area contributed by atoms with E-state index in [1.54, 1.807) is 11.8 Å². The second kappa shape index (κ2) is 16.5. The summed E-state index contributed by atoms with van der Waals surface area (Å²) in [5.41, 5.74) is 7.52. The Bertz CT molecular complexity index is 2120. The molecule has 3 aliphatic rings. The van der Waals surface area contributed by atoms with E-state index < -0.39 is 0 Å². The Morgan fingerprint density at radius 3 is 1.98 bits per heavy atom. The molecule has 0 saturated carbocycles. The molecule has 10 nitrogen and oxygen atoms in total. The zero-order valence-electron chi connectivity index (χ0n) is 30.7. The van der Waals surface area contributed by atoms with Gasteiger partial charge in [-0.15, -0.1) is 0 Å². The molecule has 0 spiro atoms. The van der Waals surface area contributed by atoms with Crippen molar-refractivity contribution in [2.75, 3.05) is 89.0 Å². The average Bonchev–Trinajstić information content (AvgIpc) is 3.14. The number of hydrogen-bond donors (Lipinski definition) is 0. The number of carbonyl (C=O) groups excluding carboxylic acids is 2. The molecule has 0 N–H and O–H groups in total. The van der Waals surface area contributed by atoms with Gasteiger partial charge in [0.05, 0.1) is 31.7 Å². The lowest BCUT2D eigenvalue weighted by Gasteiger charge is -2.27. The molecular weight excluding hydrogens is 679 g/mol. The number of fused-ring (bicyclic) bond motifs is 4. The first-order chi connectivity index (χ1) is 25.1. The van der Waals surface area contributed by atoms with Crippen LogP contribution in [0.1, 0.15) is 11.1 Å². The molecule has 0 unspecified atom stereocenters. The van der Waals surface area contributed by atoms with Crippen LogP contribution < -0.4 is 29.2 Å². The number of hydrogen-bond acceptors (Lipinski definition) is 10. The van der Waals surface area contributed by atoms with Crippen molar-refractivity contribution < 1.29 is 33.0 Å². The van der Waals surface area contributed by atoms with Gasteiger partial charge >= 0.3 is 11.9 Å². The van der Waals surface area contributed by atoms with Crippen LogP contribution in [0.25, 0.3) is 33.4 Å². The number of methoxy groups -OCH3 is 2. The van der Waals surface area contributed by atoms with Gasteiger partial charge in [-0.2, -0.15) is 11.8 Å². The minimum atomic E-state index is -0.343. The molecule has 0 saturated heterocycles. The Morgan fingerprint density at radius 1 is 0.750 bits per heavy atom. The van der Waals surface area contributed by atoms with Gasteiger partial charge in [0.1, 0.15) is 63.2 Å². The summed E-state index contributed by atoms with van der Waals surface area (Å²) in [6, 6.07) is 24.7. The number of thioether (sulfide) groups is 1. The molecule has 0 atom stereocenters. The standard InChI is InChI=1S/C41H46N3O7S/c1-27-7-11-31-35(21-27)51-36-24-30(42(3)4)10-12-32(36)41(31)29-9-14-34-38(23-29)50-18-17-49-37-22-28(2)8-13-33(37)43(25-39(45)47-5)15-19-52-20-16-44(34)26-40(46)48-6/h7-14,21-24H,15-20,25-26H2,1-6H3/q+1. The van der Waals surface area contributed by atoms with E-state index in [2.05, 4.69) is 60.0 Å². The first-order valence-electron chi connectivity index (χ1n) is 17.3. The minimum absolute atomic E-state index is 0.0606. The van der Waals surface area contributed by atoms with E-state index in [4.69, 9.17) is 23.4 Å². The van der Waals surface area contributed by atoms with E-state index >= 15 is 0 Å². The second-order valence-corrected chi connectivity index (χ2v) is 14.2. The van der Waals surface area contributed by atoms with E-state index in [9.17, 15) is 9.59 Å². The van der Waals surface area contributed by atoms with E-state index in [1.807, 2.05) is 55.1 Å². The van der Waals surface area contributed by atoms with Crippen molar-refractivity contribution in [3.8, 4) is 33.9 Å². The molecule has 52 heavy (non-hydrogen) atoms. The van der Waals surface area contributed by atoms with Crippen molar-refractivity contribution in [2.45, 2.75) is 13.8 Å². The smallest absolute Gasteiger partial charge is 0.325 e. The molecule has 0 radical (unpaired) electrons. The third-order valence-corrected chi connectivity index (χ3v) is 10.1. The summed E-state index contributed by atoms with van der Waals surface area (Å²) in [4.78, 5) is 29.1. The average molecular weight is 725 g/mol. The molecular formula is C41H46N3O7S+. The lowest BCUT2D eigenvalue weighted by atomic mass is 9.93. The zero-order valence-corrected chi connectivity index (χ0v) is 31.5. The molecule has 0 fully saturated rings. The Hall–Kier alpha value is -5.16. The van der Waals surface area contributed by atoms with E-state index in [1.165, 1.54) is 14.2 Å². The largest absolute Gasteiger partial charge is 0.488 e. The lowest BCUT2D eigenvalue weighted by molar-refractivity contribution is -0.139. The maximum Gasteiger partial charge on any atom is 0.325 e. The van der Waals surface area contributed by atoms with Crippen LogP contribution >= 0.6 is 11.8 Å². The van der Waals surface area contributed by atoms with Crippen molar-refractivity contribution >= 4 is 46.0 Å². The van der Waals surface area contributed by atoms with Gasteiger partial charge in [-0.3, -0.25) is 9.59 Å². The molecule has 2 aliphatic heterocycles. The maximum atomic E-state index is 12.7. The van der Waals surface area contributed by atoms with Gasteiger partial charge in [-0.1, -0.05) is 24.3 Å². The molecule has 6 rings (SSSR count). The predicted molar refractivity (Wildman–Crippen MR) is 208 cm³/mol. The fourth-order valence-electron chi connectivity index (χ4n) is 6.38. The first kappa shape index (κ1) is 36.6.